The standard InChI is InChI=1S/C17H21NOSi/c1-20(2,3)14-18(16-12-8-5-9-13-16)17(19)15-10-6-4-7-11-15/h4-13H,14H2,1-3H3. The summed E-state index contributed by atoms with van der Waals surface area (Å²) in [7, 11) is -1.39. The topological polar surface area (TPSA) is 20.3 Å². The number of benzene rings is 2. The Morgan fingerprint density at radius 1 is 0.900 bits per heavy atom. The molecule has 3 heteroatoms. The van der Waals surface area contributed by atoms with E-state index in [-0.39, 0.29) is 5.91 Å². The van der Waals surface area contributed by atoms with Gasteiger partial charge in [-0.05, 0) is 24.3 Å². The van der Waals surface area contributed by atoms with E-state index in [1.807, 2.05) is 65.6 Å². The molecule has 2 nitrogen and oxygen atoms in total. The van der Waals surface area contributed by atoms with E-state index in [0.717, 1.165) is 17.4 Å². The first-order chi connectivity index (χ1) is 9.47. The molecule has 2 aromatic carbocycles. The number of amides is 1. The number of rotatable bonds is 4. The van der Waals surface area contributed by atoms with Crippen LogP contribution in [0.25, 0.3) is 0 Å². The minimum absolute atomic E-state index is 0.0826. The Kier molecular flexibility index (Phi) is 4.40. The lowest BCUT2D eigenvalue weighted by Gasteiger charge is -2.29. The Morgan fingerprint density at radius 3 is 1.90 bits per heavy atom. The second-order valence-corrected chi connectivity index (χ2v) is 11.6. The Labute approximate surface area is 122 Å². The van der Waals surface area contributed by atoms with Crippen LogP contribution in [-0.2, 0) is 0 Å². The largest absolute Gasteiger partial charge is 0.311 e. The number of hydrogen-bond donors (Lipinski definition) is 0. The molecule has 0 saturated heterocycles. The molecule has 104 valence electrons. The second-order valence-electron chi connectivity index (χ2n) is 6.15. The van der Waals surface area contributed by atoms with E-state index >= 15 is 0 Å². The Hall–Kier alpha value is -1.87. The summed E-state index contributed by atoms with van der Waals surface area (Å²) >= 11 is 0. The monoisotopic (exact) mass is 283 g/mol. The molecule has 0 fully saturated rings. The average Bonchev–Trinajstić information content (AvgIpc) is 2.45. The smallest absolute Gasteiger partial charge is 0.257 e. The number of nitrogens with zero attached hydrogens (tertiary/aromatic N) is 1. The molecule has 0 atom stereocenters. The SMILES string of the molecule is C[Si](C)(C)CN(C(=O)c1ccccc1)c1ccccc1. The van der Waals surface area contributed by atoms with Crippen LogP contribution < -0.4 is 4.90 Å². The van der Waals surface area contributed by atoms with Gasteiger partial charge in [-0.15, -0.1) is 0 Å². The normalized spacial score (nSPS) is 11.2. The van der Waals surface area contributed by atoms with Crippen LogP contribution in [-0.4, -0.2) is 20.1 Å². The van der Waals surface area contributed by atoms with Gasteiger partial charge in [-0.2, -0.15) is 0 Å². The summed E-state index contributed by atoms with van der Waals surface area (Å²) in [4.78, 5) is 14.7. The molecule has 0 saturated carbocycles. The highest BCUT2D eigenvalue weighted by molar-refractivity contribution is 6.77. The predicted octanol–water partition coefficient (Wildman–Crippen LogP) is 4.21. The molecule has 0 aliphatic heterocycles. The second kappa shape index (κ2) is 6.05. The van der Waals surface area contributed by atoms with Gasteiger partial charge in [0.05, 0.1) is 8.07 Å². The number of para-hydroxylation sites is 1. The van der Waals surface area contributed by atoms with Crippen LogP contribution in [0.1, 0.15) is 10.4 Å². The molecule has 2 rings (SSSR count). The third kappa shape index (κ3) is 3.81. The maximum atomic E-state index is 12.8. The maximum absolute atomic E-state index is 12.8. The van der Waals surface area contributed by atoms with Gasteiger partial charge in [0.1, 0.15) is 0 Å². The fraction of sp³-hybridized carbons (Fsp3) is 0.235. The van der Waals surface area contributed by atoms with E-state index in [0.29, 0.717) is 0 Å². The molecule has 20 heavy (non-hydrogen) atoms. The highest BCUT2D eigenvalue weighted by Gasteiger charge is 2.24. The molecule has 2 aromatic rings. The van der Waals surface area contributed by atoms with Gasteiger partial charge in [-0.1, -0.05) is 56.0 Å². The third-order valence-corrected chi connectivity index (χ3v) is 4.23. The first-order valence-corrected chi connectivity index (χ1v) is 10.6. The summed E-state index contributed by atoms with van der Waals surface area (Å²) in [5.41, 5.74) is 1.72. The van der Waals surface area contributed by atoms with Crippen molar-refractivity contribution in [3.05, 3.63) is 66.2 Å². The third-order valence-electron chi connectivity index (χ3n) is 2.97. The van der Waals surface area contributed by atoms with Crippen molar-refractivity contribution in [2.45, 2.75) is 19.6 Å². The zero-order chi connectivity index (χ0) is 14.6. The number of anilines is 1. The Bertz CT molecular complexity index is 561. The number of hydrogen-bond acceptors (Lipinski definition) is 1. The molecule has 0 aliphatic rings. The molecule has 0 radical (unpaired) electrons. The van der Waals surface area contributed by atoms with Crippen LogP contribution >= 0.6 is 0 Å². The van der Waals surface area contributed by atoms with Crippen molar-refractivity contribution in [2.24, 2.45) is 0 Å². The lowest BCUT2D eigenvalue weighted by molar-refractivity contribution is 0.0990. The quantitative estimate of drug-likeness (QED) is 0.770. The van der Waals surface area contributed by atoms with Crippen LogP contribution in [0.15, 0.2) is 60.7 Å². The Morgan fingerprint density at radius 2 is 1.40 bits per heavy atom. The first-order valence-electron chi connectivity index (χ1n) is 6.89. The van der Waals surface area contributed by atoms with Crippen LogP contribution in [0.3, 0.4) is 0 Å². The van der Waals surface area contributed by atoms with E-state index in [4.69, 9.17) is 0 Å². The summed E-state index contributed by atoms with van der Waals surface area (Å²) in [5.74, 6) is 0.0826. The number of carbonyl (C=O) groups is 1. The van der Waals surface area contributed by atoms with E-state index in [2.05, 4.69) is 19.6 Å². The van der Waals surface area contributed by atoms with Crippen molar-refractivity contribution in [1.82, 2.24) is 0 Å². The van der Waals surface area contributed by atoms with Crippen molar-refractivity contribution in [3.63, 3.8) is 0 Å². The summed E-state index contributed by atoms with van der Waals surface area (Å²) in [5, 5.41) is 0. The molecule has 1 amide bonds. The highest BCUT2D eigenvalue weighted by atomic mass is 28.3. The van der Waals surface area contributed by atoms with E-state index in [9.17, 15) is 4.79 Å². The molecule has 0 unspecified atom stereocenters. The zero-order valence-corrected chi connectivity index (χ0v) is 13.3. The molecule has 0 heterocycles. The van der Waals surface area contributed by atoms with Gasteiger partial charge in [-0.3, -0.25) is 4.79 Å². The summed E-state index contributed by atoms with van der Waals surface area (Å²) in [6.45, 7) is 6.84. The van der Waals surface area contributed by atoms with Crippen LogP contribution in [0.2, 0.25) is 19.6 Å². The van der Waals surface area contributed by atoms with Crippen molar-refractivity contribution in [1.29, 1.82) is 0 Å². The first kappa shape index (κ1) is 14.5. The van der Waals surface area contributed by atoms with E-state index < -0.39 is 8.07 Å². The van der Waals surface area contributed by atoms with Gasteiger partial charge in [-0.25, -0.2) is 0 Å². The van der Waals surface area contributed by atoms with Crippen LogP contribution in [0, 0.1) is 0 Å². The van der Waals surface area contributed by atoms with Gasteiger partial charge < -0.3 is 4.90 Å². The molecule has 0 N–H and O–H groups in total. The van der Waals surface area contributed by atoms with Gasteiger partial charge in [0, 0.05) is 17.4 Å². The summed E-state index contributed by atoms with van der Waals surface area (Å²) in [6.07, 6.45) is 0.824. The lowest BCUT2D eigenvalue weighted by atomic mass is 10.2. The molecule has 0 aromatic heterocycles. The molecule has 0 bridgehead atoms. The minimum atomic E-state index is -1.39. The van der Waals surface area contributed by atoms with Crippen LogP contribution in [0.4, 0.5) is 5.69 Å². The van der Waals surface area contributed by atoms with Crippen molar-refractivity contribution in [2.75, 3.05) is 11.1 Å². The number of carbonyl (C=O) groups excluding carboxylic acids is 1. The van der Waals surface area contributed by atoms with Gasteiger partial charge in [0.15, 0.2) is 0 Å². The maximum Gasteiger partial charge on any atom is 0.257 e. The van der Waals surface area contributed by atoms with Crippen molar-refractivity contribution < 1.29 is 4.79 Å². The molecule has 0 spiro atoms. The highest BCUT2D eigenvalue weighted by Crippen LogP contribution is 2.19. The summed E-state index contributed by atoms with van der Waals surface area (Å²) < 4.78 is 0. The predicted molar refractivity (Wildman–Crippen MR) is 87.9 cm³/mol. The molecule has 0 aliphatic carbocycles. The fourth-order valence-corrected chi connectivity index (χ4v) is 3.37. The van der Waals surface area contributed by atoms with Crippen molar-refractivity contribution >= 4 is 19.7 Å². The van der Waals surface area contributed by atoms with E-state index in [1.165, 1.54) is 0 Å². The van der Waals surface area contributed by atoms with E-state index in [1.54, 1.807) is 0 Å². The van der Waals surface area contributed by atoms with Gasteiger partial charge in [0.2, 0.25) is 0 Å². The van der Waals surface area contributed by atoms with Gasteiger partial charge >= 0.3 is 0 Å². The average molecular weight is 283 g/mol. The summed E-state index contributed by atoms with van der Waals surface area (Å²) in [6, 6.07) is 19.4. The fourth-order valence-electron chi connectivity index (χ4n) is 2.10. The zero-order valence-electron chi connectivity index (χ0n) is 12.3. The lowest BCUT2D eigenvalue weighted by Crippen LogP contribution is -2.43. The molecular formula is C17H21NOSi. The molecular weight excluding hydrogens is 262 g/mol. The van der Waals surface area contributed by atoms with Crippen molar-refractivity contribution in [3.8, 4) is 0 Å². The minimum Gasteiger partial charge on any atom is -0.311 e. The van der Waals surface area contributed by atoms with Gasteiger partial charge in [0.25, 0.3) is 5.91 Å². The Balaban J connectivity index is 2.35. The van der Waals surface area contributed by atoms with Crippen LogP contribution in [0.5, 0.6) is 0 Å².